The van der Waals surface area contributed by atoms with Gasteiger partial charge in [0.25, 0.3) is 0 Å². The van der Waals surface area contributed by atoms with Crippen LogP contribution in [-0.2, 0) is 12.8 Å². The van der Waals surface area contributed by atoms with Gasteiger partial charge in [0, 0.05) is 23.0 Å². The highest BCUT2D eigenvalue weighted by Gasteiger charge is 2.07. The Labute approximate surface area is 149 Å². The number of rotatable bonds is 6. The maximum atomic E-state index is 14.4. The molecule has 0 N–H and O–H groups in total. The zero-order valence-corrected chi connectivity index (χ0v) is 14.9. The van der Waals surface area contributed by atoms with Gasteiger partial charge in [0.05, 0.1) is 0 Å². The number of hydrogen-bond acceptors (Lipinski definition) is 1. The normalized spacial score (nSPS) is 10.8. The third kappa shape index (κ3) is 4.14. The van der Waals surface area contributed by atoms with E-state index >= 15 is 0 Å². The van der Waals surface area contributed by atoms with Crippen LogP contribution in [0.5, 0.6) is 0 Å². The van der Waals surface area contributed by atoms with Crippen molar-refractivity contribution in [1.29, 1.82) is 0 Å². The van der Waals surface area contributed by atoms with Crippen LogP contribution in [0.3, 0.4) is 0 Å². The fourth-order valence-electron chi connectivity index (χ4n) is 3.08. The van der Waals surface area contributed by atoms with E-state index in [-0.39, 0.29) is 5.82 Å². The van der Waals surface area contributed by atoms with E-state index in [1.165, 1.54) is 0 Å². The van der Waals surface area contributed by atoms with E-state index in [0.717, 1.165) is 53.6 Å². The lowest BCUT2D eigenvalue weighted by Crippen LogP contribution is -1.90. The van der Waals surface area contributed by atoms with Crippen LogP contribution in [-0.4, -0.2) is 4.98 Å². The van der Waals surface area contributed by atoms with Gasteiger partial charge < -0.3 is 0 Å². The number of aryl methyl sites for hydroxylation is 2. The summed E-state index contributed by atoms with van der Waals surface area (Å²) in [6.45, 7) is 4.26. The van der Waals surface area contributed by atoms with Gasteiger partial charge in [0.1, 0.15) is 5.82 Å². The molecule has 0 amide bonds. The molecule has 0 bridgehead atoms. The molecule has 0 fully saturated rings. The lowest BCUT2D eigenvalue weighted by molar-refractivity contribution is 0.628. The summed E-state index contributed by atoms with van der Waals surface area (Å²) in [6, 6.07) is 17.8. The third-order valence-corrected chi connectivity index (χ3v) is 4.43. The lowest BCUT2D eigenvalue weighted by atomic mass is 9.99. The quantitative estimate of drug-likeness (QED) is 0.504. The SMILES string of the molecule is CCCc1ccc(-c2ccc(-c3ccc(CCC)nc3)cc2)c(F)c1. The first-order valence-corrected chi connectivity index (χ1v) is 9.05. The van der Waals surface area contributed by atoms with Crippen LogP contribution in [0.1, 0.15) is 37.9 Å². The Morgan fingerprint density at radius 2 is 1.44 bits per heavy atom. The number of hydrogen-bond donors (Lipinski definition) is 0. The van der Waals surface area contributed by atoms with Crippen molar-refractivity contribution < 1.29 is 4.39 Å². The minimum atomic E-state index is -0.149. The summed E-state index contributed by atoms with van der Waals surface area (Å²) < 4.78 is 14.4. The Hall–Kier alpha value is -2.48. The molecule has 0 saturated carbocycles. The van der Waals surface area contributed by atoms with Crippen LogP contribution < -0.4 is 0 Å². The predicted molar refractivity (Wildman–Crippen MR) is 103 cm³/mol. The molecule has 0 aliphatic heterocycles. The van der Waals surface area contributed by atoms with Crippen LogP contribution in [0.15, 0.2) is 60.8 Å². The summed E-state index contributed by atoms with van der Waals surface area (Å²) in [6.07, 6.45) is 5.96. The fourth-order valence-corrected chi connectivity index (χ4v) is 3.08. The monoisotopic (exact) mass is 333 g/mol. The molecule has 0 spiro atoms. The molecular formula is C23H24FN. The van der Waals surface area contributed by atoms with Crippen molar-refractivity contribution in [2.45, 2.75) is 39.5 Å². The van der Waals surface area contributed by atoms with E-state index in [0.29, 0.717) is 5.56 Å². The molecule has 3 rings (SSSR count). The van der Waals surface area contributed by atoms with Crippen LogP contribution >= 0.6 is 0 Å². The van der Waals surface area contributed by atoms with Crippen molar-refractivity contribution in [3.8, 4) is 22.3 Å². The van der Waals surface area contributed by atoms with E-state index in [2.05, 4.69) is 31.0 Å². The first-order chi connectivity index (χ1) is 12.2. The standard InChI is InChI=1S/C23H24FN/c1-3-5-17-7-14-22(23(24)15-17)19-10-8-18(9-11-19)20-12-13-21(6-4-2)25-16-20/h7-16H,3-6H2,1-2H3. The maximum absolute atomic E-state index is 14.4. The summed E-state index contributed by atoms with van der Waals surface area (Å²) in [7, 11) is 0. The average molecular weight is 333 g/mol. The molecule has 0 aliphatic carbocycles. The second-order valence-corrected chi connectivity index (χ2v) is 6.43. The Kier molecular flexibility index (Phi) is 5.60. The van der Waals surface area contributed by atoms with Gasteiger partial charge >= 0.3 is 0 Å². The largest absolute Gasteiger partial charge is 0.261 e. The predicted octanol–water partition coefficient (Wildman–Crippen LogP) is 6.46. The zero-order valence-electron chi connectivity index (χ0n) is 14.9. The topological polar surface area (TPSA) is 12.9 Å². The first kappa shape index (κ1) is 17.3. The molecule has 0 atom stereocenters. The summed E-state index contributed by atoms with van der Waals surface area (Å²) in [5.41, 5.74) is 5.92. The minimum Gasteiger partial charge on any atom is -0.261 e. The van der Waals surface area contributed by atoms with Gasteiger partial charge in [0.2, 0.25) is 0 Å². The van der Waals surface area contributed by atoms with E-state index in [1.807, 2.05) is 42.6 Å². The molecule has 0 saturated heterocycles. The van der Waals surface area contributed by atoms with E-state index < -0.39 is 0 Å². The van der Waals surface area contributed by atoms with Crippen LogP contribution in [0.25, 0.3) is 22.3 Å². The van der Waals surface area contributed by atoms with Crippen molar-refractivity contribution >= 4 is 0 Å². The van der Waals surface area contributed by atoms with Gasteiger partial charge in [-0.15, -0.1) is 0 Å². The Bertz CT molecular complexity index is 820. The molecule has 128 valence electrons. The van der Waals surface area contributed by atoms with Gasteiger partial charge in [-0.1, -0.05) is 69.2 Å². The van der Waals surface area contributed by atoms with E-state index in [4.69, 9.17) is 0 Å². The zero-order chi connectivity index (χ0) is 17.6. The van der Waals surface area contributed by atoms with Gasteiger partial charge in [-0.05, 0) is 41.7 Å². The van der Waals surface area contributed by atoms with Crippen molar-refractivity contribution in [2.24, 2.45) is 0 Å². The first-order valence-electron chi connectivity index (χ1n) is 9.05. The Morgan fingerprint density at radius 3 is 2.04 bits per heavy atom. The Morgan fingerprint density at radius 1 is 0.760 bits per heavy atom. The molecule has 1 aromatic heterocycles. The van der Waals surface area contributed by atoms with Gasteiger partial charge in [-0.25, -0.2) is 4.39 Å². The van der Waals surface area contributed by atoms with Crippen molar-refractivity contribution in [2.75, 3.05) is 0 Å². The van der Waals surface area contributed by atoms with Gasteiger partial charge in [0.15, 0.2) is 0 Å². The molecule has 1 nitrogen and oxygen atoms in total. The fraction of sp³-hybridized carbons (Fsp3) is 0.261. The molecule has 0 radical (unpaired) electrons. The third-order valence-electron chi connectivity index (χ3n) is 4.43. The van der Waals surface area contributed by atoms with Crippen molar-refractivity contribution in [3.05, 3.63) is 77.9 Å². The van der Waals surface area contributed by atoms with Crippen LogP contribution in [0, 0.1) is 5.82 Å². The second kappa shape index (κ2) is 8.06. The summed E-state index contributed by atoms with van der Waals surface area (Å²) in [5.74, 6) is -0.149. The highest BCUT2D eigenvalue weighted by Crippen LogP contribution is 2.27. The molecule has 1 heterocycles. The van der Waals surface area contributed by atoms with Crippen molar-refractivity contribution in [3.63, 3.8) is 0 Å². The summed E-state index contributed by atoms with van der Waals surface area (Å²) in [5, 5.41) is 0. The molecule has 2 heteroatoms. The number of benzene rings is 2. The number of halogens is 1. The molecular weight excluding hydrogens is 309 g/mol. The summed E-state index contributed by atoms with van der Waals surface area (Å²) >= 11 is 0. The average Bonchev–Trinajstić information content (AvgIpc) is 2.63. The molecule has 0 aliphatic rings. The maximum Gasteiger partial charge on any atom is 0.131 e. The molecule has 3 aromatic rings. The molecule has 25 heavy (non-hydrogen) atoms. The Balaban J connectivity index is 1.82. The number of nitrogens with zero attached hydrogens (tertiary/aromatic N) is 1. The van der Waals surface area contributed by atoms with Crippen LogP contribution in [0.2, 0.25) is 0 Å². The second-order valence-electron chi connectivity index (χ2n) is 6.43. The minimum absolute atomic E-state index is 0.149. The number of pyridine rings is 1. The highest BCUT2D eigenvalue weighted by atomic mass is 19.1. The highest BCUT2D eigenvalue weighted by molar-refractivity contribution is 5.70. The van der Waals surface area contributed by atoms with Gasteiger partial charge in [-0.2, -0.15) is 0 Å². The lowest BCUT2D eigenvalue weighted by Gasteiger charge is -2.08. The van der Waals surface area contributed by atoms with E-state index in [9.17, 15) is 4.39 Å². The molecule has 2 aromatic carbocycles. The molecule has 0 unspecified atom stereocenters. The van der Waals surface area contributed by atoms with Crippen LogP contribution in [0.4, 0.5) is 4.39 Å². The van der Waals surface area contributed by atoms with E-state index in [1.54, 1.807) is 6.07 Å². The van der Waals surface area contributed by atoms with Crippen molar-refractivity contribution in [1.82, 2.24) is 4.98 Å². The van der Waals surface area contributed by atoms with Gasteiger partial charge in [-0.3, -0.25) is 4.98 Å². The summed E-state index contributed by atoms with van der Waals surface area (Å²) in [4.78, 5) is 4.51. The number of aromatic nitrogens is 1. The smallest absolute Gasteiger partial charge is 0.131 e.